The quantitative estimate of drug-likeness (QED) is 0.725. The number of benzene rings is 2. The number of hydrogen-bond acceptors (Lipinski definition) is 6. The van der Waals surface area contributed by atoms with Crippen LogP contribution in [-0.2, 0) is 0 Å². The molecule has 0 unspecified atom stereocenters. The van der Waals surface area contributed by atoms with E-state index in [0.29, 0.717) is 11.3 Å². The molecule has 5 N–H and O–H groups in total. The van der Waals surface area contributed by atoms with Gasteiger partial charge in [0.2, 0.25) is 11.9 Å². The zero-order valence-electron chi connectivity index (χ0n) is 17.5. The maximum absolute atomic E-state index is 13.3. The van der Waals surface area contributed by atoms with Crippen molar-refractivity contribution in [2.75, 3.05) is 10.2 Å². The topological polar surface area (TPSA) is 109 Å². The molecule has 0 atom stereocenters. The summed E-state index contributed by atoms with van der Waals surface area (Å²) >= 11 is 0. The minimum absolute atomic E-state index is 0.194. The summed E-state index contributed by atoms with van der Waals surface area (Å²) in [6, 6.07) is 13.5. The molecule has 4 rings (SSSR count). The lowest BCUT2D eigenvalue weighted by molar-refractivity contribution is 0.102. The number of nitrogens with two attached hydrogens (primary N) is 2. The average molecular weight is 405 g/mol. The minimum Gasteiger partial charge on any atom is -0.369 e. The molecule has 1 fully saturated rings. The van der Waals surface area contributed by atoms with Crippen molar-refractivity contribution in [1.29, 1.82) is 0 Å². The van der Waals surface area contributed by atoms with E-state index in [1.54, 1.807) is 6.07 Å². The van der Waals surface area contributed by atoms with Crippen LogP contribution >= 0.6 is 0 Å². The van der Waals surface area contributed by atoms with Crippen molar-refractivity contribution in [2.24, 2.45) is 21.5 Å². The third-order valence-corrected chi connectivity index (χ3v) is 5.88. The second-order valence-corrected chi connectivity index (χ2v) is 8.11. The van der Waals surface area contributed by atoms with E-state index in [1.165, 1.54) is 0 Å². The highest BCUT2D eigenvalue weighted by Crippen LogP contribution is 2.40. The number of carbonyl (C=O) groups is 1. The molecule has 7 nitrogen and oxygen atoms in total. The van der Waals surface area contributed by atoms with E-state index < -0.39 is 5.66 Å². The highest BCUT2D eigenvalue weighted by molar-refractivity contribution is 6.13. The number of carbonyl (C=O) groups excluding carboxylic acids is 1. The summed E-state index contributed by atoms with van der Waals surface area (Å²) in [7, 11) is 0. The second kappa shape index (κ2) is 7.82. The van der Waals surface area contributed by atoms with E-state index in [0.717, 1.165) is 48.9 Å². The highest BCUT2D eigenvalue weighted by atomic mass is 16.1. The van der Waals surface area contributed by atoms with Gasteiger partial charge in [-0.1, -0.05) is 30.7 Å². The molecule has 0 radical (unpaired) electrons. The lowest BCUT2D eigenvalue weighted by Gasteiger charge is -2.46. The number of para-hydroxylation sites is 1. The molecule has 2 aromatic rings. The van der Waals surface area contributed by atoms with Crippen molar-refractivity contribution < 1.29 is 4.79 Å². The SMILES string of the molecule is Cc1ccc(C)c(NC(=O)c2ccccc2N2C(N)=NC(N)=NC23CCCCC3)c1. The predicted octanol–water partition coefficient (Wildman–Crippen LogP) is 3.67. The van der Waals surface area contributed by atoms with Gasteiger partial charge < -0.3 is 16.8 Å². The van der Waals surface area contributed by atoms with Gasteiger partial charge in [-0.2, -0.15) is 4.99 Å². The van der Waals surface area contributed by atoms with Crippen molar-refractivity contribution >= 4 is 29.2 Å². The molecule has 1 aliphatic carbocycles. The Hall–Kier alpha value is -3.35. The molecule has 30 heavy (non-hydrogen) atoms. The van der Waals surface area contributed by atoms with E-state index >= 15 is 0 Å². The van der Waals surface area contributed by atoms with Crippen LogP contribution in [0.1, 0.15) is 53.6 Å². The maximum Gasteiger partial charge on any atom is 0.257 e. The number of aryl methyl sites for hydroxylation is 2. The van der Waals surface area contributed by atoms with Crippen molar-refractivity contribution in [3.05, 3.63) is 59.2 Å². The van der Waals surface area contributed by atoms with E-state index in [2.05, 4.69) is 10.3 Å². The van der Waals surface area contributed by atoms with E-state index in [4.69, 9.17) is 16.5 Å². The highest BCUT2D eigenvalue weighted by Gasteiger charge is 2.43. The van der Waals surface area contributed by atoms with Crippen LogP contribution in [0.15, 0.2) is 52.4 Å². The number of rotatable bonds is 3. The molecule has 2 aromatic carbocycles. The second-order valence-electron chi connectivity index (χ2n) is 8.11. The van der Waals surface area contributed by atoms with Crippen LogP contribution in [0.4, 0.5) is 11.4 Å². The van der Waals surface area contributed by atoms with Crippen LogP contribution in [-0.4, -0.2) is 23.5 Å². The molecule has 1 aliphatic heterocycles. The lowest BCUT2D eigenvalue weighted by atomic mass is 9.87. The van der Waals surface area contributed by atoms with Crippen LogP contribution < -0.4 is 21.7 Å². The van der Waals surface area contributed by atoms with Gasteiger partial charge in [-0.15, -0.1) is 0 Å². The van der Waals surface area contributed by atoms with Crippen molar-refractivity contribution in [3.63, 3.8) is 0 Å². The predicted molar refractivity (Wildman–Crippen MR) is 122 cm³/mol. The average Bonchev–Trinajstić information content (AvgIpc) is 2.71. The molecule has 1 saturated carbocycles. The number of guanidine groups is 2. The van der Waals surface area contributed by atoms with Crippen molar-refractivity contribution in [3.8, 4) is 0 Å². The smallest absolute Gasteiger partial charge is 0.257 e. The zero-order chi connectivity index (χ0) is 21.3. The van der Waals surface area contributed by atoms with Gasteiger partial charge in [0, 0.05) is 5.69 Å². The van der Waals surface area contributed by atoms with Gasteiger partial charge in [-0.25, -0.2) is 4.99 Å². The number of nitrogens with zero attached hydrogens (tertiary/aromatic N) is 3. The Kier molecular flexibility index (Phi) is 5.20. The van der Waals surface area contributed by atoms with Gasteiger partial charge in [0.1, 0.15) is 5.66 Å². The molecule has 7 heteroatoms. The van der Waals surface area contributed by atoms with Gasteiger partial charge in [0.05, 0.1) is 11.3 Å². The van der Waals surface area contributed by atoms with E-state index in [9.17, 15) is 4.79 Å². The standard InChI is InChI=1S/C23H28N6O/c1-15-10-11-16(2)18(14-15)26-20(30)17-8-4-5-9-19(17)29-22(25)27-21(24)28-23(29)12-6-3-7-13-23/h4-5,8-11,14H,3,6-7,12-13H2,1-2H3,(H,26,30)(H4,24,25,27,28). The Bertz CT molecular complexity index is 1040. The zero-order valence-corrected chi connectivity index (χ0v) is 17.5. The van der Waals surface area contributed by atoms with Crippen molar-refractivity contribution in [2.45, 2.75) is 51.6 Å². The number of anilines is 2. The summed E-state index contributed by atoms with van der Waals surface area (Å²) in [5, 5.41) is 3.05. The summed E-state index contributed by atoms with van der Waals surface area (Å²) in [4.78, 5) is 24.1. The number of amides is 1. The molecule has 0 saturated heterocycles. The molecule has 1 spiro atoms. The largest absolute Gasteiger partial charge is 0.369 e. The van der Waals surface area contributed by atoms with Gasteiger partial charge >= 0.3 is 0 Å². The Balaban J connectivity index is 1.74. The fourth-order valence-corrected chi connectivity index (χ4v) is 4.39. The van der Waals surface area contributed by atoms with Gasteiger partial charge in [-0.05, 0) is 68.9 Å². The van der Waals surface area contributed by atoms with Crippen molar-refractivity contribution in [1.82, 2.24) is 0 Å². The van der Waals surface area contributed by atoms with Gasteiger partial charge in [-0.3, -0.25) is 9.69 Å². The first-order valence-electron chi connectivity index (χ1n) is 10.4. The monoisotopic (exact) mass is 404 g/mol. The summed E-state index contributed by atoms with van der Waals surface area (Å²) < 4.78 is 0. The normalized spacial score (nSPS) is 18.0. The van der Waals surface area contributed by atoms with Crippen LogP contribution in [0.5, 0.6) is 0 Å². The lowest BCUT2D eigenvalue weighted by Crippen LogP contribution is -2.58. The molecular weight excluding hydrogens is 376 g/mol. The summed E-state index contributed by atoms with van der Waals surface area (Å²) in [5.41, 5.74) is 15.8. The Morgan fingerprint density at radius 3 is 2.57 bits per heavy atom. The van der Waals surface area contributed by atoms with Crippen LogP contribution in [0, 0.1) is 13.8 Å². The summed E-state index contributed by atoms with van der Waals surface area (Å²) in [6.07, 6.45) is 4.83. The summed E-state index contributed by atoms with van der Waals surface area (Å²) in [6.45, 7) is 3.98. The molecule has 1 amide bonds. The van der Waals surface area contributed by atoms with Gasteiger partial charge in [0.15, 0.2) is 0 Å². The number of aliphatic imine (C=N–C) groups is 2. The van der Waals surface area contributed by atoms with E-state index in [1.807, 2.05) is 55.1 Å². The Morgan fingerprint density at radius 2 is 1.80 bits per heavy atom. The van der Waals surface area contributed by atoms with E-state index in [-0.39, 0.29) is 17.8 Å². The van der Waals surface area contributed by atoms with Crippen LogP contribution in [0.3, 0.4) is 0 Å². The molecule has 156 valence electrons. The van der Waals surface area contributed by atoms with Crippen LogP contribution in [0.25, 0.3) is 0 Å². The Labute approximate surface area is 176 Å². The fraction of sp³-hybridized carbons (Fsp3) is 0.348. The molecular formula is C23H28N6O. The van der Waals surface area contributed by atoms with Gasteiger partial charge in [0.25, 0.3) is 5.91 Å². The number of nitrogens with one attached hydrogen (secondary N) is 1. The first-order chi connectivity index (χ1) is 14.4. The first kappa shape index (κ1) is 19.9. The fourth-order valence-electron chi connectivity index (χ4n) is 4.39. The molecule has 2 aliphatic rings. The van der Waals surface area contributed by atoms with Crippen LogP contribution in [0.2, 0.25) is 0 Å². The first-order valence-corrected chi connectivity index (χ1v) is 10.4. The number of hydrogen-bond donors (Lipinski definition) is 3. The maximum atomic E-state index is 13.3. The third-order valence-electron chi connectivity index (χ3n) is 5.88. The summed E-state index contributed by atoms with van der Waals surface area (Å²) in [5.74, 6) is 0.278. The Morgan fingerprint density at radius 1 is 1.07 bits per heavy atom. The minimum atomic E-state index is -0.593. The molecule has 0 aromatic heterocycles. The third kappa shape index (κ3) is 3.63. The molecule has 1 heterocycles. The molecule has 0 bridgehead atoms.